The van der Waals surface area contributed by atoms with Crippen LogP contribution >= 0.6 is 0 Å². The molecule has 2 rings (SSSR count). The maximum absolute atomic E-state index is 4.29. The summed E-state index contributed by atoms with van der Waals surface area (Å²) in [6.07, 6.45) is 2.44. The van der Waals surface area contributed by atoms with Gasteiger partial charge in [-0.1, -0.05) is 38.1 Å². The van der Waals surface area contributed by atoms with Crippen molar-refractivity contribution in [3.8, 4) is 0 Å². The third-order valence-electron chi connectivity index (χ3n) is 3.55. The van der Waals surface area contributed by atoms with E-state index in [0.717, 1.165) is 12.2 Å². The number of nitrogens with zero attached hydrogens (tertiary/aromatic N) is 3. The largest absolute Gasteiger partial charge is 0.313 e. The maximum Gasteiger partial charge on any atom is 0.138 e. The lowest BCUT2D eigenvalue weighted by Crippen LogP contribution is -2.20. The minimum atomic E-state index is 0.268. The SMILES string of the molecule is CNC(Cc1ncnn1C)c1ccc(C(C)C)cc1. The summed E-state index contributed by atoms with van der Waals surface area (Å²) in [5.41, 5.74) is 2.66. The first-order chi connectivity index (χ1) is 9.11. The van der Waals surface area contributed by atoms with Crippen molar-refractivity contribution in [2.75, 3.05) is 7.05 Å². The molecule has 1 atom stereocenters. The normalized spacial score (nSPS) is 12.9. The van der Waals surface area contributed by atoms with Crippen molar-refractivity contribution < 1.29 is 0 Å². The maximum atomic E-state index is 4.29. The summed E-state index contributed by atoms with van der Waals surface area (Å²) in [6, 6.07) is 9.09. The van der Waals surface area contributed by atoms with Gasteiger partial charge in [0.05, 0.1) is 0 Å². The topological polar surface area (TPSA) is 42.7 Å². The Labute approximate surface area is 114 Å². The molecule has 0 aliphatic rings. The van der Waals surface area contributed by atoms with E-state index < -0.39 is 0 Å². The zero-order chi connectivity index (χ0) is 13.8. The molecule has 0 aliphatic carbocycles. The van der Waals surface area contributed by atoms with Crippen LogP contribution in [-0.2, 0) is 13.5 Å². The van der Waals surface area contributed by atoms with Crippen LogP contribution in [0.4, 0.5) is 0 Å². The van der Waals surface area contributed by atoms with E-state index in [1.807, 2.05) is 18.8 Å². The van der Waals surface area contributed by atoms with Crippen molar-refractivity contribution in [2.24, 2.45) is 7.05 Å². The average molecular weight is 258 g/mol. The molecule has 0 aliphatic heterocycles. The number of aromatic nitrogens is 3. The van der Waals surface area contributed by atoms with Crippen molar-refractivity contribution in [3.63, 3.8) is 0 Å². The van der Waals surface area contributed by atoms with Gasteiger partial charge in [0, 0.05) is 19.5 Å². The minimum Gasteiger partial charge on any atom is -0.313 e. The Morgan fingerprint density at radius 1 is 1.16 bits per heavy atom. The van der Waals surface area contributed by atoms with E-state index >= 15 is 0 Å². The van der Waals surface area contributed by atoms with Crippen LogP contribution in [0.1, 0.15) is 42.8 Å². The summed E-state index contributed by atoms with van der Waals surface area (Å²) in [5, 5.41) is 7.46. The Bertz CT molecular complexity index is 513. The molecule has 0 fully saturated rings. The monoisotopic (exact) mass is 258 g/mol. The molecule has 4 nitrogen and oxygen atoms in total. The Morgan fingerprint density at radius 2 is 1.79 bits per heavy atom. The van der Waals surface area contributed by atoms with Gasteiger partial charge in [-0.3, -0.25) is 4.68 Å². The minimum absolute atomic E-state index is 0.268. The van der Waals surface area contributed by atoms with Crippen molar-refractivity contribution in [1.82, 2.24) is 20.1 Å². The molecule has 1 aromatic heterocycles. The fourth-order valence-electron chi connectivity index (χ4n) is 2.19. The fraction of sp³-hybridized carbons (Fsp3) is 0.467. The first-order valence-electron chi connectivity index (χ1n) is 6.71. The third kappa shape index (κ3) is 3.20. The molecule has 0 saturated heterocycles. The average Bonchev–Trinajstić information content (AvgIpc) is 2.81. The summed E-state index contributed by atoms with van der Waals surface area (Å²) in [5.74, 6) is 1.56. The zero-order valence-corrected chi connectivity index (χ0v) is 12.1. The van der Waals surface area contributed by atoms with E-state index in [2.05, 4.69) is 53.5 Å². The van der Waals surface area contributed by atoms with Crippen LogP contribution < -0.4 is 5.32 Å². The molecule has 1 N–H and O–H groups in total. The van der Waals surface area contributed by atoms with E-state index in [4.69, 9.17) is 0 Å². The standard InChI is InChI=1S/C15H22N4/c1-11(2)12-5-7-13(8-6-12)14(16-3)9-15-17-10-18-19(15)4/h5-8,10-11,14,16H,9H2,1-4H3. The van der Waals surface area contributed by atoms with E-state index in [1.165, 1.54) is 11.1 Å². The fourth-order valence-corrected chi connectivity index (χ4v) is 2.19. The smallest absolute Gasteiger partial charge is 0.138 e. The highest BCUT2D eigenvalue weighted by Gasteiger charge is 2.13. The number of hydrogen-bond donors (Lipinski definition) is 1. The highest BCUT2D eigenvalue weighted by atomic mass is 15.3. The molecular formula is C15H22N4. The number of nitrogens with one attached hydrogen (secondary N) is 1. The van der Waals surface area contributed by atoms with Gasteiger partial charge in [-0.2, -0.15) is 5.10 Å². The lowest BCUT2D eigenvalue weighted by molar-refractivity contribution is 0.553. The van der Waals surface area contributed by atoms with Gasteiger partial charge in [0.25, 0.3) is 0 Å². The van der Waals surface area contributed by atoms with Crippen LogP contribution in [0.15, 0.2) is 30.6 Å². The number of benzene rings is 1. The van der Waals surface area contributed by atoms with Gasteiger partial charge >= 0.3 is 0 Å². The van der Waals surface area contributed by atoms with Crippen LogP contribution in [0.25, 0.3) is 0 Å². The van der Waals surface area contributed by atoms with Gasteiger partial charge in [0.1, 0.15) is 12.2 Å². The molecule has 4 heteroatoms. The Hall–Kier alpha value is -1.68. The molecule has 0 saturated carbocycles. The van der Waals surface area contributed by atoms with Gasteiger partial charge in [-0.05, 0) is 24.1 Å². The van der Waals surface area contributed by atoms with Crippen LogP contribution in [0.2, 0.25) is 0 Å². The molecule has 0 amide bonds. The highest BCUT2D eigenvalue weighted by molar-refractivity contribution is 5.27. The molecule has 0 radical (unpaired) electrons. The molecule has 1 aromatic carbocycles. The van der Waals surface area contributed by atoms with Crippen LogP contribution in [0.5, 0.6) is 0 Å². The molecule has 102 valence electrons. The van der Waals surface area contributed by atoms with E-state index in [1.54, 1.807) is 6.33 Å². The third-order valence-corrected chi connectivity index (χ3v) is 3.55. The predicted molar refractivity (Wildman–Crippen MR) is 77.0 cm³/mol. The lowest BCUT2D eigenvalue weighted by Gasteiger charge is -2.17. The quantitative estimate of drug-likeness (QED) is 0.895. The van der Waals surface area contributed by atoms with Gasteiger partial charge in [0.2, 0.25) is 0 Å². The second-order valence-corrected chi connectivity index (χ2v) is 5.17. The lowest BCUT2D eigenvalue weighted by atomic mass is 9.97. The second kappa shape index (κ2) is 5.97. The molecule has 2 aromatic rings. The van der Waals surface area contributed by atoms with Gasteiger partial charge in [-0.15, -0.1) is 0 Å². The van der Waals surface area contributed by atoms with Crippen LogP contribution in [-0.4, -0.2) is 21.8 Å². The molecule has 0 spiro atoms. The Balaban J connectivity index is 2.15. The summed E-state index contributed by atoms with van der Waals surface area (Å²) in [4.78, 5) is 4.29. The van der Waals surface area contributed by atoms with Gasteiger partial charge in [0.15, 0.2) is 0 Å². The summed E-state index contributed by atoms with van der Waals surface area (Å²) in [6.45, 7) is 4.42. The summed E-state index contributed by atoms with van der Waals surface area (Å²) in [7, 11) is 3.91. The molecule has 1 heterocycles. The number of likely N-dealkylation sites (N-methyl/N-ethyl adjacent to an activating group) is 1. The van der Waals surface area contributed by atoms with Crippen LogP contribution in [0.3, 0.4) is 0 Å². The molecular weight excluding hydrogens is 236 g/mol. The molecule has 0 bridgehead atoms. The summed E-state index contributed by atoms with van der Waals surface area (Å²) < 4.78 is 1.83. The zero-order valence-electron chi connectivity index (χ0n) is 12.1. The highest BCUT2D eigenvalue weighted by Crippen LogP contribution is 2.20. The number of rotatable bonds is 5. The summed E-state index contributed by atoms with van der Waals surface area (Å²) >= 11 is 0. The van der Waals surface area contributed by atoms with Crippen molar-refractivity contribution in [1.29, 1.82) is 0 Å². The second-order valence-electron chi connectivity index (χ2n) is 5.17. The van der Waals surface area contributed by atoms with E-state index in [-0.39, 0.29) is 6.04 Å². The predicted octanol–water partition coefficient (Wildman–Crippen LogP) is 2.44. The van der Waals surface area contributed by atoms with E-state index in [9.17, 15) is 0 Å². The number of hydrogen-bond acceptors (Lipinski definition) is 3. The van der Waals surface area contributed by atoms with Crippen molar-refractivity contribution in [3.05, 3.63) is 47.5 Å². The van der Waals surface area contributed by atoms with Gasteiger partial charge < -0.3 is 5.32 Å². The van der Waals surface area contributed by atoms with Crippen LogP contribution in [0, 0.1) is 0 Å². The van der Waals surface area contributed by atoms with Crippen molar-refractivity contribution in [2.45, 2.75) is 32.2 Å². The number of aryl methyl sites for hydroxylation is 1. The molecule has 1 unspecified atom stereocenters. The molecule has 19 heavy (non-hydrogen) atoms. The Kier molecular flexibility index (Phi) is 4.32. The first-order valence-corrected chi connectivity index (χ1v) is 6.71. The van der Waals surface area contributed by atoms with Crippen molar-refractivity contribution >= 4 is 0 Å². The van der Waals surface area contributed by atoms with Gasteiger partial charge in [-0.25, -0.2) is 4.98 Å². The van der Waals surface area contributed by atoms with E-state index in [0.29, 0.717) is 5.92 Å². The Morgan fingerprint density at radius 3 is 2.26 bits per heavy atom. The first kappa shape index (κ1) is 13.7.